The minimum absolute atomic E-state index is 0.0771. The van der Waals surface area contributed by atoms with Crippen LogP contribution in [0.2, 0.25) is 0 Å². The predicted molar refractivity (Wildman–Crippen MR) is 138 cm³/mol. The van der Waals surface area contributed by atoms with Crippen LogP contribution in [0, 0.1) is 16.7 Å². The van der Waals surface area contributed by atoms with Crippen LogP contribution in [0.3, 0.4) is 0 Å². The van der Waals surface area contributed by atoms with E-state index < -0.39 is 64.1 Å². The molecule has 0 radical (unpaired) electrons. The van der Waals surface area contributed by atoms with Gasteiger partial charge in [-0.25, -0.2) is 0 Å². The predicted octanol–water partition coefficient (Wildman–Crippen LogP) is 2.72. The minimum Gasteiger partial charge on any atom is -0.487 e. The van der Waals surface area contributed by atoms with E-state index in [-0.39, 0.29) is 18.8 Å². The van der Waals surface area contributed by atoms with Gasteiger partial charge in [0.05, 0.1) is 18.1 Å². The van der Waals surface area contributed by atoms with E-state index in [0.29, 0.717) is 16.7 Å². The third-order valence-electron chi connectivity index (χ3n) is 9.43. The van der Waals surface area contributed by atoms with Crippen molar-refractivity contribution >= 4 is 17.5 Å². The number of carbonyl (C=O) groups is 2. The highest BCUT2D eigenvalue weighted by Gasteiger charge is 2.73. The first-order valence-corrected chi connectivity index (χ1v) is 13.0. The van der Waals surface area contributed by atoms with Crippen molar-refractivity contribution in [2.24, 2.45) is 16.7 Å². The summed E-state index contributed by atoms with van der Waals surface area (Å²) in [5.74, 6) is -1.91. The number of ketones is 1. The van der Waals surface area contributed by atoms with Crippen molar-refractivity contribution in [2.45, 2.75) is 76.7 Å². The Morgan fingerprint density at radius 1 is 1.13 bits per heavy atom. The molecule has 1 heterocycles. The fourth-order valence-corrected chi connectivity index (χ4v) is 7.15. The molecule has 0 unspecified atom stereocenters. The maximum Gasteiger partial charge on any atom is 0.303 e. The van der Waals surface area contributed by atoms with E-state index in [1.807, 2.05) is 30.3 Å². The van der Waals surface area contributed by atoms with Gasteiger partial charge in [-0.15, -0.1) is 0 Å². The van der Waals surface area contributed by atoms with E-state index in [1.165, 1.54) is 6.92 Å². The molecule has 1 saturated heterocycles. The molecule has 3 N–H and O–H groups in total. The van der Waals surface area contributed by atoms with Crippen molar-refractivity contribution in [3.8, 4) is 0 Å². The van der Waals surface area contributed by atoms with E-state index in [9.17, 15) is 24.9 Å². The first-order chi connectivity index (χ1) is 17.7. The van der Waals surface area contributed by atoms with E-state index >= 15 is 0 Å². The van der Waals surface area contributed by atoms with Gasteiger partial charge in [-0.05, 0) is 25.0 Å². The Morgan fingerprint density at radius 3 is 2.37 bits per heavy atom. The molecule has 8 atom stereocenters. The smallest absolute Gasteiger partial charge is 0.303 e. The molecule has 0 spiro atoms. The molecule has 8 heteroatoms. The zero-order valence-electron chi connectivity index (χ0n) is 22.4. The van der Waals surface area contributed by atoms with Gasteiger partial charge in [0.2, 0.25) is 0 Å². The summed E-state index contributed by atoms with van der Waals surface area (Å²) in [7, 11) is 0. The molecule has 1 saturated carbocycles. The number of fused-ring (bicyclic) bond motifs is 5. The lowest BCUT2D eigenvalue weighted by Gasteiger charge is -2.64. The van der Waals surface area contributed by atoms with Gasteiger partial charge in [-0.2, -0.15) is 0 Å². The Labute approximate surface area is 222 Å². The van der Waals surface area contributed by atoms with Crippen LogP contribution >= 0.6 is 0 Å². The van der Waals surface area contributed by atoms with Gasteiger partial charge in [-0.3, -0.25) is 9.59 Å². The number of aliphatic hydroxyl groups excluding tert-OH is 1. The lowest BCUT2D eigenvalue weighted by atomic mass is 9.47. The third-order valence-corrected chi connectivity index (χ3v) is 9.43. The fourth-order valence-electron chi connectivity index (χ4n) is 7.15. The average Bonchev–Trinajstić information content (AvgIpc) is 2.84. The third kappa shape index (κ3) is 3.50. The van der Waals surface area contributed by atoms with Crippen molar-refractivity contribution < 1.29 is 39.1 Å². The van der Waals surface area contributed by atoms with Gasteiger partial charge in [0, 0.05) is 30.2 Å². The highest BCUT2D eigenvalue weighted by atomic mass is 16.6. The summed E-state index contributed by atoms with van der Waals surface area (Å²) in [6.45, 7) is 12.1. The van der Waals surface area contributed by atoms with Crippen LogP contribution in [0.25, 0.3) is 5.76 Å². The Kier molecular flexibility index (Phi) is 6.08. The quantitative estimate of drug-likeness (QED) is 0.312. The summed E-state index contributed by atoms with van der Waals surface area (Å²) in [6, 6.07) is 9.16. The monoisotopic (exact) mass is 524 g/mol. The second kappa shape index (κ2) is 8.61. The van der Waals surface area contributed by atoms with Gasteiger partial charge in [-0.1, -0.05) is 62.9 Å². The number of rotatable bonds is 4. The largest absolute Gasteiger partial charge is 0.487 e. The van der Waals surface area contributed by atoms with Crippen LogP contribution in [0.15, 0.2) is 60.2 Å². The summed E-state index contributed by atoms with van der Waals surface area (Å²) < 4.78 is 17.9. The number of aliphatic hydroxyl groups is 3. The molecule has 1 aliphatic heterocycles. The molecule has 0 amide bonds. The van der Waals surface area contributed by atoms with Gasteiger partial charge in [0.1, 0.15) is 29.2 Å². The zero-order chi connectivity index (χ0) is 27.8. The number of hydrogen-bond donors (Lipinski definition) is 3. The first-order valence-electron chi connectivity index (χ1n) is 13.0. The van der Waals surface area contributed by atoms with Crippen molar-refractivity contribution in [3.63, 3.8) is 0 Å². The molecular formula is C30H36O8. The Bertz CT molecular complexity index is 1250. The summed E-state index contributed by atoms with van der Waals surface area (Å²) in [5, 5.41) is 36.0. The number of esters is 1. The van der Waals surface area contributed by atoms with E-state index in [1.54, 1.807) is 39.8 Å². The van der Waals surface area contributed by atoms with Crippen molar-refractivity contribution in [3.05, 3.63) is 65.8 Å². The number of allylic oxidation sites excluding steroid dienone is 1. The molecule has 3 aliphatic carbocycles. The molecule has 38 heavy (non-hydrogen) atoms. The fraction of sp³-hybridized carbons (Fsp3) is 0.533. The van der Waals surface area contributed by atoms with Crippen LogP contribution < -0.4 is 0 Å². The number of Topliss-reactive ketones (excluding diaryl/α,β-unsaturated/α-hetero) is 1. The Morgan fingerprint density at radius 2 is 1.79 bits per heavy atom. The highest BCUT2D eigenvalue weighted by Crippen LogP contribution is 2.62. The number of carbonyl (C=O) groups excluding carboxylic acids is 2. The highest BCUT2D eigenvalue weighted by molar-refractivity contribution is 5.96. The van der Waals surface area contributed by atoms with Crippen molar-refractivity contribution in [1.29, 1.82) is 0 Å². The van der Waals surface area contributed by atoms with Crippen molar-refractivity contribution in [1.82, 2.24) is 0 Å². The molecule has 2 fully saturated rings. The average molecular weight is 525 g/mol. The second-order valence-corrected chi connectivity index (χ2v) is 11.9. The summed E-state index contributed by atoms with van der Waals surface area (Å²) in [6.07, 6.45) is -1.24. The molecule has 0 aromatic heterocycles. The molecule has 204 valence electrons. The van der Waals surface area contributed by atoms with E-state index in [4.69, 9.17) is 14.2 Å². The van der Waals surface area contributed by atoms with Crippen LogP contribution in [0.1, 0.15) is 46.6 Å². The van der Waals surface area contributed by atoms with E-state index in [2.05, 4.69) is 6.58 Å². The molecule has 2 bridgehead atoms. The molecular weight excluding hydrogens is 488 g/mol. The lowest BCUT2D eigenvalue weighted by molar-refractivity contribution is -0.301. The molecule has 4 aliphatic rings. The summed E-state index contributed by atoms with van der Waals surface area (Å²) >= 11 is 0. The number of hydrogen-bond acceptors (Lipinski definition) is 8. The lowest BCUT2D eigenvalue weighted by Crippen LogP contribution is -2.77. The molecule has 5 rings (SSSR count). The summed E-state index contributed by atoms with van der Waals surface area (Å²) in [5.41, 5.74) is -4.54. The van der Waals surface area contributed by atoms with Gasteiger partial charge >= 0.3 is 5.97 Å². The molecule has 8 nitrogen and oxygen atoms in total. The maximum absolute atomic E-state index is 14.5. The molecule has 1 aromatic carbocycles. The number of benzene rings is 1. The standard InChI is InChI=1S/C30H36O8/c1-16-20(32)14-30(35)26(37-17(2)19-10-8-7-9-11-19)24-28(6,13-12-21-29(24,34)15-36-21)25(33)23(38-18(3)31)22(16)27(30,4)5/h7-13,20-21,23-24,26,32,34-35H,2,14-15H2,1,3-6H3/t20-,21+,23+,24-,26-,28+,29-,30+/m0/s1. The van der Waals surface area contributed by atoms with Crippen molar-refractivity contribution in [2.75, 3.05) is 6.61 Å². The minimum atomic E-state index is -1.81. The number of ether oxygens (including phenoxy) is 3. The van der Waals surface area contributed by atoms with Crippen LogP contribution in [-0.4, -0.2) is 69.3 Å². The Hall–Kier alpha value is -2.78. The SMILES string of the molecule is C=C(O[C@H]1[C@@H]2[C@]3(O)CO[C@@H]3C=C[C@@]2(C)C(=O)[C@H](OC(C)=O)C2=C(C)[C@@H](O)C[C@]1(O)C2(C)C)c1ccccc1. The normalized spacial score (nSPS) is 41.2. The van der Waals surface area contributed by atoms with Gasteiger partial charge in [0.15, 0.2) is 11.9 Å². The Balaban J connectivity index is 1.79. The van der Waals surface area contributed by atoms with Gasteiger partial charge < -0.3 is 29.5 Å². The van der Waals surface area contributed by atoms with Gasteiger partial charge in [0.25, 0.3) is 0 Å². The van der Waals surface area contributed by atoms with E-state index in [0.717, 1.165) is 0 Å². The van der Waals surface area contributed by atoms with Crippen LogP contribution in [0.4, 0.5) is 0 Å². The summed E-state index contributed by atoms with van der Waals surface area (Å²) in [4.78, 5) is 26.8. The van der Waals surface area contributed by atoms with Crippen LogP contribution in [0.5, 0.6) is 0 Å². The first kappa shape index (κ1) is 26.8. The maximum atomic E-state index is 14.5. The molecule has 1 aromatic rings. The topological polar surface area (TPSA) is 123 Å². The second-order valence-electron chi connectivity index (χ2n) is 11.9. The van der Waals surface area contributed by atoms with Crippen LogP contribution in [-0.2, 0) is 23.8 Å². The zero-order valence-corrected chi connectivity index (χ0v) is 22.4.